The van der Waals surface area contributed by atoms with Gasteiger partial charge >= 0.3 is 5.97 Å². The van der Waals surface area contributed by atoms with E-state index < -0.39 is 40.3 Å². The molecule has 0 aliphatic heterocycles. The van der Waals surface area contributed by atoms with Crippen LogP contribution in [0, 0.1) is 5.92 Å². The van der Waals surface area contributed by atoms with Crippen LogP contribution in [0.1, 0.15) is 24.2 Å². The number of Topliss-reactive ketones (excluding diaryl/α,β-unsaturated/α-hetero) is 1. The molecule has 2 rings (SSSR count). The molecule has 0 unspecified atom stereocenters. The molecule has 28 heavy (non-hydrogen) atoms. The number of ether oxygens (including phenoxy) is 1. The van der Waals surface area contributed by atoms with Crippen LogP contribution in [0.5, 0.6) is 0 Å². The third-order valence-electron chi connectivity index (χ3n) is 3.84. The van der Waals surface area contributed by atoms with Gasteiger partial charge in [0.25, 0.3) is 0 Å². The van der Waals surface area contributed by atoms with Crippen LogP contribution in [0.2, 0.25) is 10.0 Å². The van der Waals surface area contributed by atoms with E-state index in [4.69, 9.17) is 27.9 Å². The van der Waals surface area contributed by atoms with Crippen LogP contribution >= 0.6 is 23.2 Å². The van der Waals surface area contributed by atoms with Crippen LogP contribution < -0.4 is 4.72 Å². The molecule has 2 aromatic carbocycles. The largest absolute Gasteiger partial charge is 0.456 e. The van der Waals surface area contributed by atoms with E-state index in [-0.39, 0.29) is 15.5 Å². The highest BCUT2D eigenvalue weighted by Gasteiger charge is 2.30. The van der Waals surface area contributed by atoms with Gasteiger partial charge in [0.1, 0.15) is 6.04 Å². The number of sulfonamides is 1. The van der Waals surface area contributed by atoms with Gasteiger partial charge in [-0.25, -0.2) is 8.42 Å². The van der Waals surface area contributed by atoms with Crippen LogP contribution in [0.15, 0.2) is 53.4 Å². The first-order valence-electron chi connectivity index (χ1n) is 8.34. The van der Waals surface area contributed by atoms with E-state index in [9.17, 15) is 18.0 Å². The summed E-state index contributed by atoms with van der Waals surface area (Å²) in [6.07, 6.45) is 0. The van der Waals surface area contributed by atoms with Gasteiger partial charge in [0, 0.05) is 5.56 Å². The minimum atomic E-state index is -3.92. The standard InChI is InChI=1S/C19H19Cl2NO5S/c1-12(2)18(22-28(25,26)14-6-4-3-5-7-14)19(24)27-11-17(23)13-8-9-15(20)16(21)10-13/h3-10,12,18,22H,11H2,1-2H3/t18-/m0/s1. The number of halogens is 2. The Hall–Kier alpha value is -1.93. The highest BCUT2D eigenvalue weighted by atomic mass is 35.5. The van der Waals surface area contributed by atoms with Crippen molar-refractivity contribution in [3.8, 4) is 0 Å². The lowest BCUT2D eigenvalue weighted by atomic mass is 10.1. The van der Waals surface area contributed by atoms with E-state index >= 15 is 0 Å². The van der Waals surface area contributed by atoms with Crippen molar-refractivity contribution >= 4 is 45.0 Å². The Balaban J connectivity index is 2.06. The Morgan fingerprint density at radius 1 is 1.04 bits per heavy atom. The van der Waals surface area contributed by atoms with Crippen molar-refractivity contribution in [2.75, 3.05) is 6.61 Å². The van der Waals surface area contributed by atoms with Crippen molar-refractivity contribution in [2.45, 2.75) is 24.8 Å². The SMILES string of the molecule is CC(C)[C@H](NS(=O)(=O)c1ccccc1)C(=O)OCC(=O)c1ccc(Cl)c(Cl)c1. The molecule has 150 valence electrons. The number of hydrogen-bond donors (Lipinski definition) is 1. The Bertz CT molecular complexity index is 962. The summed E-state index contributed by atoms with van der Waals surface area (Å²) in [5.74, 6) is -1.73. The van der Waals surface area contributed by atoms with E-state index in [0.29, 0.717) is 5.02 Å². The van der Waals surface area contributed by atoms with Gasteiger partial charge in [-0.3, -0.25) is 9.59 Å². The summed E-state index contributed by atoms with van der Waals surface area (Å²) < 4.78 is 32.3. The summed E-state index contributed by atoms with van der Waals surface area (Å²) in [6.45, 7) is 2.79. The molecule has 2 aromatic rings. The smallest absolute Gasteiger partial charge is 0.324 e. The first-order chi connectivity index (χ1) is 13.1. The summed E-state index contributed by atoms with van der Waals surface area (Å²) in [7, 11) is -3.92. The van der Waals surface area contributed by atoms with E-state index in [0.717, 1.165) is 0 Å². The number of rotatable bonds is 8. The summed E-state index contributed by atoms with van der Waals surface area (Å²) in [6, 6.07) is 10.8. The van der Waals surface area contributed by atoms with Crippen molar-refractivity contribution in [3.05, 3.63) is 64.1 Å². The molecule has 1 N–H and O–H groups in total. The number of carbonyl (C=O) groups is 2. The molecule has 0 radical (unpaired) electrons. The molecular formula is C19H19Cl2NO5S. The van der Waals surface area contributed by atoms with Crippen molar-refractivity contribution < 1.29 is 22.7 Å². The average molecular weight is 444 g/mol. The quantitative estimate of drug-likeness (QED) is 0.495. The zero-order chi connectivity index (χ0) is 20.9. The Morgan fingerprint density at radius 3 is 2.25 bits per heavy atom. The lowest BCUT2D eigenvalue weighted by Gasteiger charge is -2.20. The van der Waals surface area contributed by atoms with Crippen LogP contribution in [-0.2, 0) is 19.6 Å². The third-order valence-corrected chi connectivity index (χ3v) is 6.04. The summed E-state index contributed by atoms with van der Waals surface area (Å²) in [5.41, 5.74) is 0.230. The zero-order valence-electron chi connectivity index (χ0n) is 15.2. The Morgan fingerprint density at radius 2 is 1.68 bits per heavy atom. The van der Waals surface area contributed by atoms with E-state index in [2.05, 4.69) is 4.72 Å². The second-order valence-corrected chi connectivity index (χ2v) is 8.84. The maximum Gasteiger partial charge on any atom is 0.324 e. The van der Waals surface area contributed by atoms with Crippen molar-refractivity contribution in [3.63, 3.8) is 0 Å². The van der Waals surface area contributed by atoms with Crippen molar-refractivity contribution in [1.29, 1.82) is 0 Å². The third kappa shape index (κ3) is 5.78. The highest BCUT2D eigenvalue weighted by Crippen LogP contribution is 2.23. The molecule has 0 fully saturated rings. The van der Waals surface area contributed by atoms with Gasteiger partial charge in [-0.2, -0.15) is 4.72 Å². The Labute approximate surface area is 173 Å². The van der Waals surface area contributed by atoms with Gasteiger partial charge in [-0.1, -0.05) is 55.2 Å². The summed E-state index contributed by atoms with van der Waals surface area (Å²) >= 11 is 11.7. The normalized spacial score (nSPS) is 12.6. The predicted octanol–water partition coefficient (Wildman–Crippen LogP) is 3.72. The second kappa shape index (κ2) is 9.52. The number of esters is 1. The second-order valence-electron chi connectivity index (χ2n) is 6.32. The first kappa shape index (κ1) is 22.4. The molecule has 0 saturated heterocycles. The number of hydrogen-bond acceptors (Lipinski definition) is 5. The topological polar surface area (TPSA) is 89.5 Å². The molecule has 0 aliphatic rings. The van der Waals surface area contributed by atoms with E-state index in [1.807, 2.05) is 0 Å². The van der Waals surface area contributed by atoms with Gasteiger partial charge < -0.3 is 4.74 Å². The molecule has 0 amide bonds. The van der Waals surface area contributed by atoms with Crippen molar-refractivity contribution in [2.24, 2.45) is 5.92 Å². The maximum atomic E-state index is 12.5. The van der Waals surface area contributed by atoms with Crippen molar-refractivity contribution in [1.82, 2.24) is 4.72 Å². The fraction of sp³-hybridized carbons (Fsp3) is 0.263. The van der Waals surface area contributed by atoms with Gasteiger partial charge in [0.15, 0.2) is 12.4 Å². The van der Waals surface area contributed by atoms with Crippen LogP contribution in [-0.4, -0.2) is 32.8 Å². The predicted molar refractivity (Wildman–Crippen MR) is 107 cm³/mol. The molecule has 1 atom stereocenters. The fourth-order valence-corrected chi connectivity index (χ4v) is 3.92. The average Bonchev–Trinajstić information content (AvgIpc) is 2.66. The molecule has 0 spiro atoms. The van der Waals surface area contributed by atoms with Gasteiger partial charge in [-0.15, -0.1) is 0 Å². The van der Waals surface area contributed by atoms with E-state index in [1.165, 1.54) is 30.3 Å². The fourth-order valence-electron chi connectivity index (χ4n) is 2.27. The molecule has 0 saturated carbocycles. The molecule has 0 aromatic heterocycles. The number of ketones is 1. The van der Waals surface area contributed by atoms with E-state index in [1.54, 1.807) is 32.0 Å². The lowest BCUT2D eigenvalue weighted by Crippen LogP contribution is -2.45. The van der Waals surface area contributed by atoms with Gasteiger partial charge in [0.05, 0.1) is 14.9 Å². The number of carbonyl (C=O) groups excluding carboxylic acids is 2. The highest BCUT2D eigenvalue weighted by molar-refractivity contribution is 7.89. The molecule has 0 heterocycles. The zero-order valence-corrected chi connectivity index (χ0v) is 17.5. The first-order valence-corrected chi connectivity index (χ1v) is 10.6. The monoisotopic (exact) mass is 443 g/mol. The van der Waals surface area contributed by atoms with Crippen LogP contribution in [0.25, 0.3) is 0 Å². The van der Waals surface area contributed by atoms with Gasteiger partial charge in [0.2, 0.25) is 10.0 Å². The molecular weight excluding hydrogens is 425 g/mol. The minimum absolute atomic E-state index is 0.0281. The van der Waals surface area contributed by atoms with Crippen LogP contribution in [0.4, 0.5) is 0 Å². The molecule has 6 nitrogen and oxygen atoms in total. The van der Waals surface area contributed by atoms with Gasteiger partial charge in [-0.05, 0) is 36.2 Å². The number of benzene rings is 2. The maximum absolute atomic E-state index is 12.5. The molecule has 0 aliphatic carbocycles. The Kier molecular flexibility index (Phi) is 7.60. The lowest BCUT2D eigenvalue weighted by molar-refractivity contribution is -0.145. The van der Waals surface area contributed by atoms with Crippen LogP contribution in [0.3, 0.4) is 0 Å². The summed E-state index contributed by atoms with van der Waals surface area (Å²) in [5, 5.41) is 0.500. The number of nitrogens with one attached hydrogen (secondary N) is 1. The molecule has 0 bridgehead atoms. The summed E-state index contributed by atoms with van der Waals surface area (Å²) in [4.78, 5) is 24.6. The molecule has 9 heteroatoms. The minimum Gasteiger partial charge on any atom is -0.456 e.